The topological polar surface area (TPSA) is 26.0 Å². The molecule has 1 nitrogen and oxygen atoms in total. The Kier molecular flexibility index (Phi) is 2.53. The third-order valence-corrected chi connectivity index (χ3v) is 4.58. The van der Waals surface area contributed by atoms with E-state index in [0.29, 0.717) is 0 Å². The summed E-state index contributed by atoms with van der Waals surface area (Å²) in [5.74, 6) is 0.736. The zero-order valence-corrected chi connectivity index (χ0v) is 9.20. The Bertz CT molecular complexity index is 267. The average Bonchev–Trinajstić information content (AvgIpc) is 2.31. The van der Waals surface area contributed by atoms with Crippen LogP contribution in [-0.2, 0) is 0 Å². The van der Waals surface area contributed by atoms with E-state index in [4.69, 9.17) is 5.73 Å². The van der Waals surface area contributed by atoms with E-state index in [9.17, 15) is 0 Å². The molecule has 1 aliphatic carbocycles. The van der Waals surface area contributed by atoms with E-state index in [0.717, 1.165) is 5.92 Å². The lowest BCUT2D eigenvalue weighted by molar-refractivity contribution is 0.266. The van der Waals surface area contributed by atoms with Crippen LogP contribution in [0.1, 0.15) is 30.2 Å². The fraction of sp³-hybridized carbons (Fsp3) is 0.556. The van der Waals surface area contributed by atoms with Crippen molar-refractivity contribution in [1.82, 2.24) is 0 Å². The zero-order chi connectivity index (χ0) is 8.55. The van der Waals surface area contributed by atoms with Crippen molar-refractivity contribution >= 4 is 27.3 Å². The summed E-state index contributed by atoms with van der Waals surface area (Å²) in [6, 6.07) is 2.35. The van der Waals surface area contributed by atoms with E-state index >= 15 is 0 Å². The SMILES string of the molecule is N[C@H](c1sccc1Br)C1CCC1. The summed E-state index contributed by atoms with van der Waals surface area (Å²) < 4.78 is 1.19. The van der Waals surface area contributed by atoms with E-state index in [2.05, 4.69) is 27.4 Å². The average molecular weight is 246 g/mol. The maximum absolute atomic E-state index is 6.13. The standard InChI is InChI=1S/C9H12BrNS/c10-7-4-5-12-9(7)8(11)6-2-1-3-6/h4-6,8H,1-3,11H2/t8-/m0/s1. The summed E-state index contributed by atoms with van der Waals surface area (Å²) in [7, 11) is 0. The largest absolute Gasteiger partial charge is 0.323 e. The predicted molar refractivity (Wildman–Crippen MR) is 56.3 cm³/mol. The van der Waals surface area contributed by atoms with Crippen molar-refractivity contribution in [3.8, 4) is 0 Å². The smallest absolute Gasteiger partial charge is 0.0429 e. The molecule has 1 aliphatic rings. The molecule has 0 unspecified atom stereocenters. The highest BCUT2D eigenvalue weighted by molar-refractivity contribution is 9.10. The molecule has 2 rings (SSSR count). The summed E-state index contributed by atoms with van der Waals surface area (Å²) in [5.41, 5.74) is 6.13. The van der Waals surface area contributed by atoms with E-state index < -0.39 is 0 Å². The van der Waals surface area contributed by atoms with Gasteiger partial charge in [-0.25, -0.2) is 0 Å². The van der Waals surface area contributed by atoms with Gasteiger partial charge in [0.25, 0.3) is 0 Å². The van der Waals surface area contributed by atoms with Crippen LogP contribution in [-0.4, -0.2) is 0 Å². The van der Waals surface area contributed by atoms with Crippen molar-refractivity contribution in [1.29, 1.82) is 0 Å². The van der Waals surface area contributed by atoms with Crippen LogP contribution in [0, 0.1) is 5.92 Å². The fourth-order valence-electron chi connectivity index (χ4n) is 1.56. The molecule has 1 atom stereocenters. The lowest BCUT2D eigenvalue weighted by atomic mass is 9.79. The second kappa shape index (κ2) is 3.48. The molecule has 12 heavy (non-hydrogen) atoms. The third-order valence-electron chi connectivity index (χ3n) is 2.61. The Morgan fingerprint density at radius 3 is 2.75 bits per heavy atom. The van der Waals surface area contributed by atoms with Gasteiger partial charge < -0.3 is 5.73 Å². The van der Waals surface area contributed by atoms with E-state index in [1.54, 1.807) is 11.3 Å². The van der Waals surface area contributed by atoms with E-state index in [-0.39, 0.29) is 6.04 Å². The van der Waals surface area contributed by atoms with Gasteiger partial charge in [-0.2, -0.15) is 0 Å². The van der Waals surface area contributed by atoms with Crippen LogP contribution in [0.5, 0.6) is 0 Å². The Hall–Kier alpha value is 0.140. The molecule has 1 saturated carbocycles. The van der Waals surface area contributed by atoms with Crippen molar-refractivity contribution in [2.45, 2.75) is 25.3 Å². The highest BCUT2D eigenvalue weighted by atomic mass is 79.9. The zero-order valence-electron chi connectivity index (χ0n) is 6.79. The Morgan fingerprint density at radius 2 is 2.33 bits per heavy atom. The van der Waals surface area contributed by atoms with Crippen LogP contribution in [0.25, 0.3) is 0 Å². The molecule has 0 spiro atoms. The van der Waals surface area contributed by atoms with Crippen molar-refractivity contribution in [2.75, 3.05) is 0 Å². The minimum absolute atomic E-state index is 0.271. The van der Waals surface area contributed by atoms with Gasteiger partial charge >= 0.3 is 0 Å². The van der Waals surface area contributed by atoms with Gasteiger partial charge in [-0.15, -0.1) is 11.3 Å². The molecule has 0 saturated heterocycles. The fourth-order valence-corrected chi connectivity index (χ4v) is 3.29. The highest BCUT2D eigenvalue weighted by Gasteiger charge is 2.27. The summed E-state index contributed by atoms with van der Waals surface area (Å²) in [5, 5.41) is 2.10. The van der Waals surface area contributed by atoms with Crippen LogP contribution in [0.15, 0.2) is 15.9 Å². The molecule has 66 valence electrons. The molecule has 0 bridgehead atoms. The van der Waals surface area contributed by atoms with E-state index in [1.807, 2.05) is 0 Å². The molecule has 0 radical (unpaired) electrons. The molecule has 1 aromatic rings. The maximum Gasteiger partial charge on any atom is 0.0429 e. The Morgan fingerprint density at radius 1 is 1.58 bits per heavy atom. The van der Waals surface area contributed by atoms with E-state index in [1.165, 1.54) is 28.6 Å². The first kappa shape index (κ1) is 8.73. The summed E-state index contributed by atoms with van der Waals surface area (Å²) >= 11 is 5.28. The van der Waals surface area contributed by atoms with Gasteiger partial charge in [-0.05, 0) is 46.1 Å². The van der Waals surface area contributed by atoms with Crippen LogP contribution < -0.4 is 5.73 Å². The lowest BCUT2D eigenvalue weighted by Gasteiger charge is -2.30. The number of thiophene rings is 1. The quantitative estimate of drug-likeness (QED) is 0.851. The first-order valence-electron chi connectivity index (χ1n) is 4.27. The number of rotatable bonds is 2. The molecule has 0 amide bonds. The number of nitrogens with two attached hydrogens (primary N) is 1. The lowest BCUT2D eigenvalue weighted by Crippen LogP contribution is -2.26. The predicted octanol–water partition coefficient (Wildman–Crippen LogP) is 3.31. The van der Waals surface area contributed by atoms with Crippen LogP contribution in [0.2, 0.25) is 0 Å². The monoisotopic (exact) mass is 245 g/mol. The first-order chi connectivity index (χ1) is 5.79. The van der Waals surface area contributed by atoms with Crippen molar-refractivity contribution in [3.63, 3.8) is 0 Å². The number of halogens is 1. The van der Waals surface area contributed by atoms with Gasteiger partial charge in [-0.1, -0.05) is 6.42 Å². The van der Waals surface area contributed by atoms with Crippen molar-refractivity contribution < 1.29 is 0 Å². The van der Waals surface area contributed by atoms with Crippen LogP contribution >= 0.6 is 27.3 Å². The van der Waals surface area contributed by atoms with Gasteiger partial charge in [0, 0.05) is 15.4 Å². The van der Waals surface area contributed by atoms with Gasteiger partial charge in [0.15, 0.2) is 0 Å². The minimum Gasteiger partial charge on any atom is -0.323 e. The first-order valence-corrected chi connectivity index (χ1v) is 5.95. The third kappa shape index (κ3) is 1.45. The second-order valence-corrected chi connectivity index (χ2v) is 5.15. The molecular formula is C9H12BrNS. The summed E-state index contributed by atoms with van der Waals surface area (Å²) in [6.07, 6.45) is 3.98. The van der Waals surface area contributed by atoms with Crippen LogP contribution in [0.3, 0.4) is 0 Å². The van der Waals surface area contributed by atoms with Gasteiger partial charge in [0.1, 0.15) is 0 Å². The molecule has 0 aliphatic heterocycles. The molecule has 1 aromatic heterocycles. The Balaban J connectivity index is 2.13. The second-order valence-electron chi connectivity index (χ2n) is 3.35. The highest BCUT2D eigenvalue weighted by Crippen LogP contribution is 2.40. The van der Waals surface area contributed by atoms with Crippen molar-refractivity contribution in [2.24, 2.45) is 11.7 Å². The van der Waals surface area contributed by atoms with Gasteiger partial charge in [0.05, 0.1) is 0 Å². The molecule has 1 heterocycles. The number of hydrogen-bond acceptors (Lipinski definition) is 2. The maximum atomic E-state index is 6.13. The van der Waals surface area contributed by atoms with Gasteiger partial charge in [0.2, 0.25) is 0 Å². The summed E-state index contributed by atoms with van der Waals surface area (Å²) in [4.78, 5) is 1.32. The Labute approximate surface area is 85.1 Å². The molecule has 0 aromatic carbocycles. The minimum atomic E-state index is 0.271. The molecule has 3 heteroatoms. The number of hydrogen-bond donors (Lipinski definition) is 1. The molecular weight excluding hydrogens is 234 g/mol. The van der Waals surface area contributed by atoms with Crippen molar-refractivity contribution in [3.05, 3.63) is 20.8 Å². The molecule has 1 fully saturated rings. The summed E-state index contributed by atoms with van der Waals surface area (Å²) in [6.45, 7) is 0. The van der Waals surface area contributed by atoms with Gasteiger partial charge in [-0.3, -0.25) is 0 Å². The molecule has 2 N–H and O–H groups in total. The normalized spacial score (nSPS) is 20.5. The van der Waals surface area contributed by atoms with Crippen LogP contribution in [0.4, 0.5) is 0 Å².